The molecule has 3 rings (SSSR count). The summed E-state index contributed by atoms with van der Waals surface area (Å²) in [5, 5.41) is 13.5. The monoisotopic (exact) mass is 263 g/mol. The second-order valence-corrected chi connectivity index (χ2v) is 4.61. The third kappa shape index (κ3) is 1.79. The number of carbonyl (C=O) groups is 1. The lowest BCUT2D eigenvalue weighted by molar-refractivity contribution is -0.115. The Morgan fingerprint density at radius 2 is 2.28 bits per heavy atom. The summed E-state index contributed by atoms with van der Waals surface area (Å²) in [6, 6.07) is 6.74. The average Bonchev–Trinajstić information content (AvgIpc) is 2.94. The highest BCUT2D eigenvalue weighted by Gasteiger charge is 2.26. The van der Waals surface area contributed by atoms with Crippen molar-refractivity contribution >= 4 is 23.2 Å². The van der Waals surface area contributed by atoms with E-state index >= 15 is 0 Å². The first-order chi connectivity index (χ1) is 8.65. The normalized spacial score (nSPS) is 15.3. The second kappa shape index (κ2) is 4.15. The van der Waals surface area contributed by atoms with Gasteiger partial charge in [-0.1, -0.05) is 11.6 Å². The van der Waals surface area contributed by atoms with E-state index in [4.69, 9.17) is 16.0 Å². The number of anilines is 1. The maximum absolute atomic E-state index is 11.4. The minimum atomic E-state index is -0.939. The molecule has 2 aromatic rings. The molecular formula is C13H10ClNO3. The van der Waals surface area contributed by atoms with E-state index in [0.717, 1.165) is 5.56 Å². The highest BCUT2D eigenvalue weighted by Crippen LogP contribution is 2.36. The molecule has 0 bridgehead atoms. The third-order valence-corrected chi connectivity index (χ3v) is 3.16. The van der Waals surface area contributed by atoms with Crippen LogP contribution in [0.5, 0.6) is 0 Å². The van der Waals surface area contributed by atoms with Crippen molar-refractivity contribution in [3.05, 3.63) is 52.4 Å². The van der Waals surface area contributed by atoms with Crippen molar-refractivity contribution < 1.29 is 14.3 Å². The Hall–Kier alpha value is -1.78. The van der Waals surface area contributed by atoms with Crippen LogP contribution < -0.4 is 5.32 Å². The molecule has 1 amide bonds. The summed E-state index contributed by atoms with van der Waals surface area (Å²) in [7, 11) is 0. The van der Waals surface area contributed by atoms with Crippen LogP contribution in [-0.2, 0) is 11.2 Å². The van der Waals surface area contributed by atoms with Crippen molar-refractivity contribution in [2.45, 2.75) is 12.5 Å². The summed E-state index contributed by atoms with van der Waals surface area (Å²) >= 11 is 6.00. The Kier molecular flexibility index (Phi) is 2.61. The van der Waals surface area contributed by atoms with Crippen molar-refractivity contribution in [2.75, 3.05) is 5.32 Å². The zero-order valence-electron chi connectivity index (χ0n) is 9.31. The maximum atomic E-state index is 11.4. The lowest BCUT2D eigenvalue weighted by Gasteiger charge is -2.13. The van der Waals surface area contributed by atoms with Gasteiger partial charge in [0.2, 0.25) is 5.91 Å². The third-order valence-electron chi connectivity index (χ3n) is 2.94. The maximum Gasteiger partial charge on any atom is 0.228 e. The Bertz CT molecular complexity index is 607. The Balaban J connectivity index is 2.10. The predicted octanol–water partition coefficient (Wildman–Crippen LogP) is 2.51. The molecule has 1 aromatic carbocycles. The van der Waals surface area contributed by atoms with Gasteiger partial charge in [0, 0.05) is 10.6 Å². The van der Waals surface area contributed by atoms with Crippen LogP contribution >= 0.6 is 11.6 Å². The van der Waals surface area contributed by atoms with E-state index in [-0.39, 0.29) is 12.3 Å². The first-order valence-electron chi connectivity index (χ1n) is 5.49. The van der Waals surface area contributed by atoms with E-state index < -0.39 is 6.10 Å². The predicted molar refractivity (Wildman–Crippen MR) is 66.6 cm³/mol. The van der Waals surface area contributed by atoms with Crippen molar-refractivity contribution in [1.82, 2.24) is 0 Å². The van der Waals surface area contributed by atoms with Gasteiger partial charge in [0.1, 0.15) is 11.9 Å². The summed E-state index contributed by atoms with van der Waals surface area (Å²) in [4.78, 5) is 11.4. The molecule has 0 saturated carbocycles. The first-order valence-corrected chi connectivity index (χ1v) is 5.86. The first kappa shape index (κ1) is 11.3. The summed E-state index contributed by atoms with van der Waals surface area (Å²) in [6.45, 7) is 0. The van der Waals surface area contributed by atoms with E-state index in [1.54, 1.807) is 24.3 Å². The molecule has 18 heavy (non-hydrogen) atoms. The van der Waals surface area contributed by atoms with E-state index in [9.17, 15) is 9.90 Å². The Labute approximate surface area is 108 Å². The highest BCUT2D eigenvalue weighted by atomic mass is 35.5. The highest BCUT2D eigenvalue weighted by molar-refractivity contribution is 6.31. The largest absolute Gasteiger partial charge is 0.466 e. The molecule has 5 heteroatoms. The van der Waals surface area contributed by atoms with Gasteiger partial charge < -0.3 is 14.8 Å². The average molecular weight is 264 g/mol. The van der Waals surface area contributed by atoms with Gasteiger partial charge in [-0.25, -0.2) is 0 Å². The molecule has 1 unspecified atom stereocenters. The molecule has 0 spiro atoms. The van der Waals surface area contributed by atoms with Gasteiger partial charge in [0.25, 0.3) is 0 Å². The van der Waals surface area contributed by atoms with Gasteiger partial charge in [-0.15, -0.1) is 0 Å². The number of benzene rings is 1. The van der Waals surface area contributed by atoms with E-state index in [1.165, 1.54) is 6.26 Å². The molecular weight excluding hydrogens is 254 g/mol. The number of amides is 1. The van der Waals surface area contributed by atoms with Gasteiger partial charge in [0.05, 0.1) is 18.4 Å². The minimum absolute atomic E-state index is 0.0971. The van der Waals surface area contributed by atoms with E-state index in [2.05, 4.69) is 5.32 Å². The van der Waals surface area contributed by atoms with Crippen LogP contribution in [0.2, 0.25) is 5.02 Å². The molecule has 1 aromatic heterocycles. The van der Waals surface area contributed by atoms with Crippen LogP contribution in [0.3, 0.4) is 0 Å². The van der Waals surface area contributed by atoms with E-state index in [1.807, 2.05) is 0 Å². The van der Waals surface area contributed by atoms with Crippen LogP contribution in [0.15, 0.2) is 34.9 Å². The number of hydrogen-bond acceptors (Lipinski definition) is 3. The van der Waals surface area contributed by atoms with Crippen LogP contribution in [0, 0.1) is 0 Å². The molecule has 4 nitrogen and oxygen atoms in total. The summed E-state index contributed by atoms with van der Waals surface area (Å²) in [5.41, 5.74) is 1.99. The number of carbonyl (C=O) groups excluding carboxylic acids is 1. The van der Waals surface area contributed by atoms with Crippen molar-refractivity contribution in [2.24, 2.45) is 0 Å². The molecule has 1 atom stereocenters. The number of fused-ring (bicyclic) bond motifs is 1. The molecule has 2 heterocycles. The standard InChI is InChI=1S/C13H10ClNO3/c14-8-4-7-5-11(16)15-12(7)9(6-8)13(17)10-2-1-3-18-10/h1-4,6,13,17H,5H2,(H,15,16). The zero-order chi connectivity index (χ0) is 12.7. The molecule has 0 fully saturated rings. The molecule has 0 saturated heterocycles. The lowest BCUT2D eigenvalue weighted by atomic mass is 10.0. The summed E-state index contributed by atoms with van der Waals surface area (Å²) < 4.78 is 5.17. The number of halogens is 1. The number of furan rings is 1. The van der Waals surface area contributed by atoms with Crippen molar-refractivity contribution in [1.29, 1.82) is 0 Å². The van der Waals surface area contributed by atoms with Gasteiger partial charge in [-0.05, 0) is 29.8 Å². The Morgan fingerprint density at radius 3 is 3.00 bits per heavy atom. The van der Waals surface area contributed by atoms with Crippen LogP contribution in [0.25, 0.3) is 0 Å². The minimum Gasteiger partial charge on any atom is -0.466 e. The number of hydrogen-bond donors (Lipinski definition) is 2. The number of rotatable bonds is 2. The fourth-order valence-electron chi connectivity index (χ4n) is 2.15. The van der Waals surface area contributed by atoms with Crippen LogP contribution in [-0.4, -0.2) is 11.0 Å². The van der Waals surface area contributed by atoms with Gasteiger partial charge in [0.15, 0.2) is 0 Å². The SMILES string of the molecule is O=C1Cc2cc(Cl)cc(C(O)c3ccco3)c2N1. The fourth-order valence-corrected chi connectivity index (χ4v) is 2.40. The Morgan fingerprint density at radius 1 is 1.44 bits per heavy atom. The quantitative estimate of drug-likeness (QED) is 0.875. The lowest BCUT2D eigenvalue weighted by Crippen LogP contribution is -2.07. The fraction of sp³-hybridized carbons (Fsp3) is 0.154. The molecule has 0 radical (unpaired) electrons. The zero-order valence-corrected chi connectivity index (χ0v) is 10.1. The van der Waals surface area contributed by atoms with Crippen molar-refractivity contribution in [3.63, 3.8) is 0 Å². The second-order valence-electron chi connectivity index (χ2n) is 4.17. The molecule has 0 aliphatic carbocycles. The topological polar surface area (TPSA) is 62.5 Å². The van der Waals surface area contributed by atoms with Crippen molar-refractivity contribution in [3.8, 4) is 0 Å². The van der Waals surface area contributed by atoms with E-state index in [0.29, 0.717) is 22.0 Å². The molecule has 1 aliphatic heterocycles. The molecule has 2 N–H and O–H groups in total. The van der Waals surface area contributed by atoms with Crippen LogP contribution in [0.4, 0.5) is 5.69 Å². The van der Waals surface area contributed by atoms with Gasteiger partial charge in [-0.2, -0.15) is 0 Å². The van der Waals surface area contributed by atoms with Crippen LogP contribution in [0.1, 0.15) is 23.0 Å². The molecule has 1 aliphatic rings. The number of aliphatic hydroxyl groups is 1. The summed E-state index contributed by atoms with van der Waals surface area (Å²) in [6.07, 6.45) is 0.834. The number of nitrogens with one attached hydrogen (secondary N) is 1. The summed E-state index contributed by atoms with van der Waals surface area (Å²) in [5.74, 6) is 0.320. The van der Waals surface area contributed by atoms with Gasteiger partial charge in [-0.3, -0.25) is 4.79 Å². The molecule has 92 valence electrons. The smallest absolute Gasteiger partial charge is 0.228 e. The van der Waals surface area contributed by atoms with Gasteiger partial charge >= 0.3 is 0 Å². The number of aliphatic hydroxyl groups excluding tert-OH is 1.